The van der Waals surface area contributed by atoms with Crippen LogP contribution in [0.3, 0.4) is 0 Å². The zero-order valence-corrected chi connectivity index (χ0v) is 12.4. The molecule has 1 saturated heterocycles. The fourth-order valence-corrected chi connectivity index (χ4v) is 3.00. The number of hydrogen-bond acceptors (Lipinski definition) is 2. The van der Waals surface area contributed by atoms with Crippen LogP contribution < -0.4 is 0 Å². The molecule has 21 heavy (non-hydrogen) atoms. The largest absolute Gasteiger partial charge is 0.341 e. The predicted molar refractivity (Wildman–Crippen MR) is 82.5 cm³/mol. The summed E-state index contributed by atoms with van der Waals surface area (Å²) in [6.07, 6.45) is 4.81. The third-order valence-corrected chi connectivity index (χ3v) is 4.05. The van der Waals surface area contributed by atoms with E-state index in [4.69, 9.17) is 0 Å². The van der Waals surface area contributed by atoms with Crippen LogP contribution in [0.1, 0.15) is 32.0 Å². The van der Waals surface area contributed by atoms with Gasteiger partial charge in [0.2, 0.25) is 5.91 Å². The lowest BCUT2D eigenvalue weighted by Crippen LogP contribution is -2.25. The second-order valence-electron chi connectivity index (χ2n) is 5.74. The van der Waals surface area contributed by atoms with Gasteiger partial charge in [0.15, 0.2) is 0 Å². The summed E-state index contributed by atoms with van der Waals surface area (Å²) < 4.78 is 0. The van der Waals surface area contributed by atoms with Crippen LogP contribution in [-0.2, 0) is 11.3 Å². The number of amides is 1. The Balaban J connectivity index is 1.67. The zero-order chi connectivity index (χ0) is 14.7. The minimum atomic E-state index is 0.256. The van der Waals surface area contributed by atoms with E-state index in [1.807, 2.05) is 29.3 Å². The van der Waals surface area contributed by atoms with Gasteiger partial charge in [0, 0.05) is 13.0 Å². The number of hydrogen-bond donors (Lipinski definition) is 1. The second kappa shape index (κ2) is 6.12. The van der Waals surface area contributed by atoms with Gasteiger partial charge in [0.1, 0.15) is 5.82 Å². The van der Waals surface area contributed by atoms with E-state index in [1.165, 1.54) is 0 Å². The molecule has 1 aliphatic heterocycles. The average Bonchev–Trinajstić information content (AvgIpc) is 3.09. The van der Waals surface area contributed by atoms with E-state index >= 15 is 0 Å². The lowest BCUT2D eigenvalue weighted by atomic mass is 10.0. The Hall–Kier alpha value is -2.10. The molecule has 1 N–H and O–H groups in total. The SMILES string of the molecule is CCCC1CC(=O)N(Cc2ncc(-c3ccccc3)[nH]2)C1. The molecule has 0 aliphatic carbocycles. The van der Waals surface area contributed by atoms with Crippen molar-refractivity contribution in [1.82, 2.24) is 14.9 Å². The maximum atomic E-state index is 12.0. The Labute approximate surface area is 125 Å². The summed E-state index contributed by atoms with van der Waals surface area (Å²) in [6, 6.07) is 10.1. The molecule has 1 aliphatic rings. The molecule has 2 heterocycles. The molecule has 3 rings (SSSR count). The molecule has 0 spiro atoms. The third kappa shape index (κ3) is 3.15. The third-order valence-electron chi connectivity index (χ3n) is 4.05. The fraction of sp³-hybridized carbons (Fsp3) is 0.412. The smallest absolute Gasteiger partial charge is 0.223 e. The highest BCUT2D eigenvalue weighted by atomic mass is 16.2. The number of nitrogens with zero attached hydrogens (tertiary/aromatic N) is 2. The van der Waals surface area contributed by atoms with Crippen molar-refractivity contribution in [2.45, 2.75) is 32.7 Å². The van der Waals surface area contributed by atoms with Crippen LogP contribution in [-0.4, -0.2) is 27.3 Å². The van der Waals surface area contributed by atoms with Gasteiger partial charge in [-0.1, -0.05) is 43.7 Å². The number of aromatic amines is 1. The van der Waals surface area contributed by atoms with Gasteiger partial charge in [-0.2, -0.15) is 0 Å². The van der Waals surface area contributed by atoms with E-state index in [1.54, 1.807) is 0 Å². The van der Waals surface area contributed by atoms with E-state index < -0.39 is 0 Å². The van der Waals surface area contributed by atoms with Crippen molar-refractivity contribution >= 4 is 5.91 Å². The highest BCUT2D eigenvalue weighted by molar-refractivity contribution is 5.78. The first kappa shape index (κ1) is 13.9. The Morgan fingerprint density at radius 3 is 2.90 bits per heavy atom. The molecular formula is C17H21N3O. The van der Waals surface area contributed by atoms with Gasteiger partial charge in [-0.25, -0.2) is 4.98 Å². The summed E-state index contributed by atoms with van der Waals surface area (Å²) in [5, 5.41) is 0. The van der Waals surface area contributed by atoms with Gasteiger partial charge in [-0.15, -0.1) is 0 Å². The molecule has 4 heteroatoms. The van der Waals surface area contributed by atoms with Crippen molar-refractivity contribution in [2.24, 2.45) is 5.92 Å². The number of carbonyl (C=O) groups excluding carboxylic acids is 1. The molecule has 1 aromatic carbocycles. The first-order chi connectivity index (χ1) is 10.3. The number of nitrogens with one attached hydrogen (secondary N) is 1. The minimum Gasteiger partial charge on any atom is -0.341 e. The van der Waals surface area contributed by atoms with Crippen LogP contribution in [0.25, 0.3) is 11.3 Å². The standard InChI is InChI=1S/C17H21N3O/c1-2-6-13-9-17(21)20(11-13)12-16-18-10-15(19-16)14-7-4-3-5-8-14/h3-5,7-8,10,13H,2,6,9,11-12H2,1H3,(H,18,19). The van der Waals surface area contributed by atoms with Crippen LogP contribution in [0.5, 0.6) is 0 Å². The minimum absolute atomic E-state index is 0.256. The molecule has 2 aromatic rings. The van der Waals surface area contributed by atoms with Gasteiger partial charge in [-0.05, 0) is 17.9 Å². The van der Waals surface area contributed by atoms with Crippen molar-refractivity contribution in [3.8, 4) is 11.3 Å². The summed E-state index contributed by atoms with van der Waals surface area (Å²) in [5.74, 6) is 1.64. The highest BCUT2D eigenvalue weighted by Crippen LogP contribution is 2.24. The number of benzene rings is 1. The first-order valence-electron chi connectivity index (χ1n) is 7.63. The van der Waals surface area contributed by atoms with Crippen molar-refractivity contribution in [3.63, 3.8) is 0 Å². The van der Waals surface area contributed by atoms with Crippen molar-refractivity contribution in [1.29, 1.82) is 0 Å². The molecule has 110 valence electrons. The lowest BCUT2D eigenvalue weighted by molar-refractivity contribution is -0.128. The van der Waals surface area contributed by atoms with E-state index in [0.29, 0.717) is 18.9 Å². The summed E-state index contributed by atoms with van der Waals surface area (Å²) >= 11 is 0. The quantitative estimate of drug-likeness (QED) is 0.916. The van der Waals surface area contributed by atoms with Gasteiger partial charge < -0.3 is 9.88 Å². The molecule has 1 atom stereocenters. The van der Waals surface area contributed by atoms with E-state index in [-0.39, 0.29) is 5.91 Å². The Morgan fingerprint density at radius 1 is 1.33 bits per heavy atom. The summed E-state index contributed by atoms with van der Waals surface area (Å²) in [4.78, 5) is 21.7. The summed E-state index contributed by atoms with van der Waals surface area (Å²) in [6.45, 7) is 3.63. The Morgan fingerprint density at radius 2 is 2.14 bits per heavy atom. The molecule has 1 unspecified atom stereocenters. The Bertz CT molecular complexity index is 606. The zero-order valence-electron chi connectivity index (χ0n) is 12.4. The van der Waals surface area contributed by atoms with Crippen molar-refractivity contribution < 1.29 is 4.79 Å². The number of aromatic nitrogens is 2. The average molecular weight is 283 g/mol. The van der Waals surface area contributed by atoms with Gasteiger partial charge in [0.25, 0.3) is 0 Å². The number of imidazole rings is 1. The van der Waals surface area contributed by atoms with Crippen LogP contribution in [0.2, 0.25) is 0 Å². The summed E-state index contributed by atoms with van der Waals surface area (Å²) in [5.41, 5.74) is 2.12. The van der Waals surface area contributed by atoms with Gasteiger partial charge in [0.05, 0.1) is 18.4 Å². The lowest BCUT2D eigenvalue weighted by Gasteiger charge is -2.14. The maximum absolute atomic E-state index is 12.0. The predicted octanol–water partition coefficient (Wildman–Crippen LogP) is 3.23. The maximum Gasteiger partial charge on any atom is 0.223 e. The van der Waals surface area contributed by atoms with Crippen molar-refractivity contribution in [3.05, 3.63) is 42.4 Å². The summed E-state index contributed by atoms with van der Waals surface area (Å²) in [7, 11) is 0. The van der Waals surface area contributed by atoms with Crippen molar-refractivity contribution in [2.75, 3.05) is 6.54 Å². The molecular weight excluding hydrogens is 262 g/mol. The van der Waals surface area contributed by atoms with E-state index in [9.17, 15) is 4.79 Å². The molecule has 4 nitrogen and oxygen atoms in total. The first-order valence-corrected chi connectivity index (χ1v) is 7.63. The van der Waals surface area contributed by atoms with Crippen LogP contribution in [0.15, 0.2) is 36.5 Å². The highest BCUT2D eigenvalue weighted by Gasteiger charge is 2.29. The topological polar surface area (TPSA) is 49.0 Å². The molecule has 1 aromatic heterocycles. The monoisotopic (exact) mass is 283 g/mol. The molecule has 1 fully saturated rings. The second-order valence-corrected chi connectivity index (χ2v) is 5.74. The molecule has 0 bridgehead atoms. The number of likely N-dealkylation sites (tertiary alicyclic amines) is 1. The number of rotatable bonds is 5. The normalized spacial score (nSPS) is 18.4. The molecule has 0 saturated carbocycles. The van der Waals surface area contributed by atoms with E-state index in [0.717, 1.165) is 36.5 Å². The van der Waals surface area contributed by atoms with Crippen LogP contribution in [0.4, 0.5) is 0 Å². The Kier molecular flexibility index (Phi) is 4.04. The van der Waals surface area contributed by atoms with Gasteiger partial charge >= 0.3 is 0 Å². The van der Waals surface area contributed by atoms with Gasteiger partial charge in [-0.3, -0.25) is 4.79 Å². The number of carbonyl (C=O) groups is 1. The number of H-pyrrole nitrogens is 1. The molecule has 0 radical (unpaired) electrons. The molecule has 1 amide bonds. The van der Waals surface area contributed by atoms with Crippen LogP contribution >= 0.6 is 0 Å². The van der Waals surface area contributed by atoms with E-state index in [2.05, 4.69) is 29.0 Å². The van der Waals surface area contributed by atoms with Crippen LogP contribution in [0, 0.1) is 5.92 Å². The fourth-order valence-electron chi connectivity index (χ4n) is 3.00.